The first kappa shape index (κ1) is 9.82. The van der Waals surface area contributed by atoms with Gasteiger partial charge in [0.25, 0.3) is 0 Å². The minimum Gasteiger partial charge on any atom is -0.469 e. The molecule has 0 rings (SSSR count). The number of hydrogen-bond donors (Lipinski definition) is 0. The van der Waals surface area contributed by atoms with Crippen LogP contribution in [0.25, 0.3) is 0 Å². The molecule has 0 aliphatic carbocycles. The van der Waals surface area contributed by atoms with Crippen LogP contribution in [0.3, 0.4) is 0 Å². The quantitative estimate of drug-likeness (QED) is 0.591. The van der Waals surface area contributed by atoms with Crippen LogP contribution < -0.4 is 0 Å². The Hall–Kier alpha value is -0.180. The number of rotatable bonds is 3. The molecule has 0 aliphatic heterocycles. The number of methoxy groups -OCH3 is 1. The van der Waals surface area contributed by atoms with E-state index in [1.54, 1.807) is 0 Å². The smallest absolute Gasteiger partial charge is 0.306 e. The maximum Gasteiger partial charge on any atom is 0.306 e. The molecular weight excluding hydrogens is 148 g/mol. The standard InChI is InChI=1S/C7H13O2S/c1-7(2,10-4)5-6(8)9-3/h4-5H2,1-3H3. The summed E-state index contributed by atoms with van der Waals surface area (Å²) in [6, 6.07) is 0. The van der Waals surface area contributed by atoms with Gasteiger partial charge in [0, 0.05) is 11.0 Å². The molecule has 0 spiro atoms. The molecule has 59 valence electrons. The number of ether oxygens (including phenoxy) is 1. The topological polar surface area (TPSA) is 26.3 Å². The van der Waals surface area contributed by atoms with E-state index >= 15 is 0 Å². The highest BCUT2D eigenvalue weighted by molar-refractivity contribution is 8.01. The molecule has 0 unspecified atom stereocenters. The predicted molar refractivity (Wildman–Crippen MR) is 43.7 cm³/mol. The lowest BCUT2D eigenvalue weighted by Gasteiger charge is -2.19. The van der Waals surface area contributed by atoms with Crippen LogP contribution in [-0.4, -0.2) is 17.8 Å². The van der Waals surface area contributed by atoms with Crippen molar-refractivity contribution in [3.8, 4) is 0 Å². The number of carbonyl (C=O) groups excluding carboxylic acids is 1. The summed E-state index contributed by atoms with van der Waals surface area (Å²) in [5.41, 5.74) is 0. The van der Waals surface area contributed by atoms with Crippen molar-refractivity contribution in [2.24, 2.45) is 0 Å². The van der Waals surface area contributed by atoms with Crippen molar-refractivity contribution in [2.75, 3.05) is 7.11 Å². The van der Waals surface area contributed by atoms with E-state index in [9.17, 15) is 4.79 Å². The Morgan fingerprint density at radius 1 is 1.70 bits per heavy atom. The van der Waals surface area contributed by atoms with E-state index in [0.717, 1.165) is 0 Å². The van der Waals surface area contributed by atoms with Crippen molar-refractivity contribution in [1.29, 1.82) is 0 Å². The van der Waals surface area contributed by atoms with Crippen molar-refractivity contribution in [1.82, 2.24) is 0 Å². The van der Waals surface area contributed by atoms with E-state index in [4.69, 9.17) is 0 Å². The van der Waals surface area contributed by atoms with Crippen LogP contribution in [-0.2, 0) is 9.53 Å². The third-order valence-electron chi connectivity index (χ3n) is 1.19. The molecule has 10 heavy (non-hydrogen) atoms. The zero-order valence-electron chi connectivity index (χ0n) is 6.64. The molecule has 0 atom stereocenters. The van der Waals surface area contributed by atoms with Crippen molar-refractivity contribution < 1.29 is 9.53 Å². The Morgan fingerprint density at radius 2 is 2.20 bits per heavy atom. The largest absolute Gasteiger partial charge is 0.469 e. The first-order chi connectivity index (χ1) is 4.52. The van der Waals surface area contributed by atoms with Gasteiger partial charge in [-0.1, -0.05) is 13.8 Å². The summed E-state index contributed by atoms with van der Waals surface area (Å²) in [7, 11) is 1.40. The Balaban J connectivity index is 3.76. The first-order valence-electron chi connectivity index (χ1n) is 3.02. The number of thioether (sulfide) groups is 1. The van der Waals surface area contributed by atoms with Crippen molar-refractivity contribution >= 4 is 17.7 Å². The van der Waals surface area contributed by atoms with Gasteiger partial charge >= 0.3 is 5.97 Å². The zero-order chi connectivity index (χ0) is 8.20. The summed E-state index contributed by atoms with van der Waals surface area (Å²) in [4.78, 5) is 10.7. The molecule has 0 fully saturated rings. The molecule has 0 aromatic rings. The van der Waals surface area contributed by atoms with E-state index < -0.39 is 0 Å². The highest BCUT2D eigenvalue weighted by atomic mass is 32.2. The Bertz CT molecular complexity index is 121. The number of esters is 1. The second-order valence-corrected chi connectivity index (χ2v) is 4.05. The van der Waals surface area contributed by atoms with E-state index in [-0.39, 0.29) is 10.7 Å². The van der Waals surface area contributed by atoms with Crippen molar-refractivity contribution in [3.63, 3.8) is 0 Å². The summed E-state index contributed by atoms with van der Waals surface area (Å²) >= 11 is 1.42. The van der Waals surface area contributed by atoms with E-state index in [1.807, 2.05) is 13.8 Å². The van der Waals surface area contributed by atoms with Crippen molar-refractivity contribution in [2.45, 2.75) is 25.0 Å². The van der Waals surface area contributed by atoms with Gasteiger partial charge in [-0.25, -0.2) is 0 Å². The number of carbonyl (C=O) groups is 1. The van der Waals surface area contributed by atoms with Gasteiger partial charge in [-0.15, -0.1) is 0 Å². The minimum atomic E-state index is -0.179. The molecule has 0 N–H and O–H groups in total. The second-order valence-electron chi connectivity index (χ2n) is 2.66. The minimum absolute atomic E-state index is 0.104. The fraction of sp³-hybridized carbons (Fsp3) is 0.714. The van der Waals surface area contributed by atoms with Crippen LogP contribution in [0.1, 0.15) is 20.3 Å². The van der Waals surface area contributed by atoms with Gasteiger partial charge in [0.1, 0.15) is 0 Å². The summed E-state index contributed by atoms with van der Waals surface area (Å²) < 4.78 is 4.40. The summed E-state index contributed by atoms with van der Waals surface area (Å²) in [6.07, 6.45) is 4.07. The van der Waals surface area contributed by atoms with E-state index in [2.05, 4.69) is 11.0 Å². The molecule has 0 aromatic heterocycles. The molecule has 0 saturated heterocycles. The number of hydrogen-bond acceptors (Lipinski definition) is 3. The summed E-state index contributed by atoms with van der Waals surface area (Å²) in [6.45, 7) is 3.92. The first-order valence-corrected chi connectivity index (χ1v) is 4.00. The van der Waals surface area contributed by atoms with Crippen LogP contribution in [0.2, 0.25) is 0 Å². The molecule has 0 saturated carbocycles. The molecule has 0 aromatic carbocycles. The fourth-order valence-corrected chi connectivity index (χ4v) is 0.691. The third kappa shape index (κ3) is 3.77. The lowest BCUT2D eigenvalue weighted by Crippen LogP contribution is -2.19. The maximum absolute atomic E-state index is 10.7. The molecule has 0 amide bonds. The molecule has 0 heterocycles. The van der Waals surface area contributed by atoms with Gasteiger partial charge in [0.15, 0.2) is 0 Å². The fourth-order valence-electron chi connectivity index (χ4n) is 0.471. The molecule has 1 radical (unpaired) electrons. The molecule has 0 bridgehead atoms. The summed E-state index contributed by atoms with van der Waals surface area (Å²) in [5, 5.41) is 0. The molecular formula is C7H13O2S. The Labute approximate surface area is 66.3 Å². The van der Waals surface area contributed by atoms with Gasteiger partial charge in [0.2, 0.25) is 0 Å². The molecule has 0 aliphatic rings. The molecule has 2 nitrogen and oxygen atoms in total. The van der Waals surface area contributed by atoms with Gasteiger partial charge in [-0.05, 0) is 0 Å². The molecule has 3 heteroatoms. The lowest BCUT2D eigenvalue weighted by atomic mass is 10.1. The second kappa shape index (κ2) is 3.86. The van der Waals surface area contributed by atoms with Crippen LogP contribution in [0.5, 0.6) is 0 Å². The van der Waals surface area contributed by atoms with Crippen molar-refractivity contribution in [3.05, 3.63) is 6.26 Å². The van der Waals surface area contributed by atoms with E-state index in [0.29, 0.717) is 6.42 Å². The Kier molecular flexibility index (Phi) is 3.79. The average molecular weight is 161 g/mol. The Morgan fingerprint density at radius 3 is 2.50 bits per heavy atom. The van der Waals surface area contributed by atoms with E-state index in [1.165, 1.54) is 18.9 Å². The van der Waals surface area contributed by atoms with Crippen LogP contribution >= 0.6 is 11.8 Å². The normalized spacial score (nSPS) is 11.2. The highest BCUT2D eigenvalue weighted by Crippen LogP contribution is 2.26. The van der Waals surface area contributed by atoms with Crippen LogP contribution in [0.4, 0.5) is 0 Å². The lowest BCUT2D eigenvalue weighted by molar-refractivity contribution is -0.141. The highest BCUT2D eigenvalue weighted by Gasteiger charge is 2.20. The van der Waals surface area contributed by atoms with Gasteiger partial charge in [0.05, 0.1) is 13.5 Å². The van der Waals surface area contributed by atoms with Crippen LogP contribution in [0.15, 0.2) is 0 Å². The third-order valence-corrected chi connectivity index (χ3v) is 2.11. The summed E-state index contributed by atoms with van der Waals surface area (Å²) in [5.74, 6) is -0.179. The SMILES string of the molecule is [CH2]SC(C)(C)CC(=O)OC. The zero-order valence-corrected chi connectivity index (χ0v) is 7.46. The maximum atomic E-state index is 10.7. The van der Waals surface area contributed by atoms with Gasteiger partial charge in [-0.2, -0.15) is 11.8 Å². The van der Waals surface area contributed by atoms with Gasteiger partial charge < -0.3 is 4.74 Å². The monoisotopic (exact) mass is 161 g/mol. The predicted octanol–water partition coefficient (Wildman–Crippen LogP) is 1.85. The van der Waals surface area contributed by atoms with Crippen LogP contribution in [0, 0.1) is 6.26 Å². The van der Waals surface area contributed by atoms with Gasteiger partial charge in [-0.3, -0.25) is 4.79 Å². The average Bonchev–Trinajstić information content (AvgIpc) is 1.87.